The van der Waals surface area contributed by atoms with E-state index in [0.29, 0.717) is 44.2 Å². The van der Waals surface area contributed by atoms with Gasteiger partial charge in [0, 0.05) is 38.5 Å². The lowest BCUT2D eigenvalue weighted by atomic mass is 9.98. The smallest absolute Gasteiger partial charge is 0.143 e. The van der Waals surface area contributed by atoms with E-state index in [1.165, 1.54) is 4.90 Å². The highest BCUT2D eigenvalue weighted by molar-refractivity contribution is 6.19. The van der Waals surface area contributed by atoms with Crippen molar-refractivity contribution in [3.05, 3.63) is 188 Å². The molecule has 0 aliphatic heterocycles. The average Bonchev–Trinajstić information content (AvgIpc) is 3.87. The summed E-state index contributed by atoms with van der Waals surface area (Å²) < 4.78 is 89.8. The van der Waals surface area contributed by atoms with Crippen molar-refractivity contribution in [1.82, 2.24) is 0 Å². The Morgan fingerprint density at radius 1 is 0.377 bits per heavy atom. The average molecular weight is 686 g/mol. The third-order valence-corrected chi connectivity index (χ3v) is 10.0. The van der Waals surface area contributed by atoms with Crippen LogP contribution in [0.2, 0.25) is 0 Å². The minimum absolute atomic E-state index is 0.0210. The van der Waals surface area contributed by atoms with E-state index in [4.69, 9.17) is 8.83 Å². The van der Waals surface area contributed by atoms with Crippen LogP contribution in [0.25, 0.3) is 87.7 Å². The number of anilines is 3. The lowest BCUT2D eigenvalue weighted by molar-refractivity contribution is 0.670. The van der Waals surface area contributed by atoms with Gasteiger partial charge >= 0.3 is 0 Å². The van der Waals surface area contributed by atoms with E-state index in [0.717, 1.165) is 32.3 Å². The van der Waals surface area contributed by atoms with Gasteiger partial charge in [-0.15, -0.1) is 0 Å². The first-order valence-electron chi connectivity index (χ1n) is 21.4. The quantitative estimate of drug-likeness (QED) is 0.181. The number of para-hydroxylation sites is 2. The van der Waals surface area contributed by atoms with Gasteiger partial charge < -0.3 is 13.7 Å². The lowest BCUT2D eigenvalue weighted by Gasteiger charge is -2.26. The minimum atomic E-state index is -0.450. The van der Waals surface area contributed by atoms with Crippen molar-refractivity contribution in [2.75, 3.05) is 4.90 Å². The Hall–Kier alpha value is -7.10. The van der Waals surface area contributed by atoms with Crippen LogP contribution in [0.3, 0.4) is 0 Å². The zero-order valence-electron chi connectivity index (χ0n) is 36.0. The van der Waals surface area contributed by atoms with Crippen LogP contribution in [-0.4, -0.2) is 0 Å². The fourth-order valence-electron chi connectivity index (χ4n) is 7.57. The van der Waals surface area contributed by atoms with Gasteiger partial charge in [0.05, 0.1) is 22.0 Å². The number of hydrogen-bond acceptors (Lipinski definition) is 3. The summed E-state index contributed by atoms with van der Waals surface area (Å²) in [4.78, 5) is 1.35. The van der Waals surface area contributed by atoms with E-state index >= 15 is 0 Å². The Morgan fingerprint density at radius 2 is 0.925 bits per heavy atom. The van der Waals surface area contributed by atoms with Gasteiger partial charge in [0.15, 0.2) is 0 Å². The minimum Gasteiger partial charge on any atom is -0.455 e. The summed E-state index contributed by atoms with van der Waals surface area (Å²) in [5.41, 5.74) is 2.88. The van der Waals surface area contributed by atoms with Crippen molar-refractivity contribution >= 4 is 82.5 Å². The zero-order chi connectivity index (χ0) is 41.8. The van der Waals surface area contributed by atoms with Crippen LogP contribution in [0.15, 0.2) is 197 Å². The second-order valence-corrected chi connectivity index (χ2v) is 13.0. The summed E-state index contributed by atoms with van der Waals surface area (Å²) in [7, 11) is 0. The Labute approximate surface area is 316 Å². The summed E-state index contributed by atoms with van der Waals surface area (Å²) in [6.45, 7) is 0. The molecule has 0 aliphatic carbocycles. The Bertz CT molecular complexity index is 3600. The van der Waals surface area contributed by atoms with Crippen LogP contribution in [0, 0.1) is 0 Å². The highest BCUT2D eigenvalue weighted by Gasteiger charge is 2.21. The monoisotopic (exact) mass is 685 g/mol. The molecule has 248 valence electrons. The molecule has 0 unspecified atom stereocenters. The number of benzene rings is 9. The van der Waals surface area contributed by atoms with Crippen LogP contribution in [0.4, 0.5) is 17.1 Å². The first-order valence-corrected chi connectivity index (χ1v) is 17.4. The van der Waals surface area contributed by atoms with E-state index in [2.05, 4.69) is 0 Å². The molecule has 0 N–H and O–H groups in total. The second-order valence-electron chi connectivity index (χ2n) is 13.0. The van der Waals surface area contributed by atoms with Gasteiger partial charge in [-0.2, -0.15) is 0 Å². The molecule has 11 rings (SSSR count). The van der Waals surface area contributed by atoms with Crippen LogP contribution in [0.5, 0.6) is 0 Å². The van der Waals surface area contributed by atoms with Crippen molar-refractivity contribution in [2.24, 2.45) is 0 Å². The van der Waals surface area contributed by atoms with Gasteiger partial charge in [0.2, 0.25) is 0 Å². The molecular formula is C50H31NO2. The van der Waals surface area contributed by atoms with E-state index in [-0.39, 0.29) is 52.4 Å². The molecule has 3 nitrogen and oxygen atoms in total. The molecule has 3 heteroatoms. The lowest BCUT2D eigenvalue weighted by Crippen LogP contribution is -2.10. The van der Waals surface area contributed by atoms with Gasteiger partial charge in [-0.1, -0.05) is 139 Å². The van der Waals surface area contributed by atoms with Gasteiger partial charge in [-0.25, -0.2) is 0 Å². The van der Waals surface area contributed by atoms with Crippen molar-refractivity contribution < 1.29 is 19.8 Å². The van der Waals surface area contributed by atoms with Gasteiger partial charge in [-0.3, -0.25) is 0 Å². The molecule has 0 atom stereocenters. The third kappa shape index (κ3) is 4.68. The number of furan rings is 2. The molecule has 11 aromatic rings. The fraction of sp³-hybridized carbons (Fsp3) is 0. The summed E-state index contributed by atoms with van der Waals surface area (Å²) in [6, 6.07) is 39.7. The highest BCUT2D eigenvalue weighted by atomic mass is 16.3. The number of fused-ring (bicyclic) bond motifs is 9. The van der Waals surface area contributed by atoms with Crippen molar-refractivity contribution in [3.8, 4) is 22.3 Å². The Balaban J connectivity index is 1.23. The second kappa shape index (κ2) is 11.7. The Kier molecular flexibility index (Phi) is 5.01. The molecule has 0 saturated carbocycles. The normalized spacial score (nSPS) is 13.9. The van der Waals surface area contributed by atoms with Crippen molar-refractivity contribution in [2.45, 2.75) is 0 Å². The molecule has 0 spiro atoms. The number of hydrogen-bond donors (Lipinski definition) is 0. The molecule has 53 heavy (non-hydrogen) atoms. The van der Waals surface area contributed by atoms with E-state index in [9.17, 15) is 11.0 Å². The van der Waals surface area contributed by atoms with E-state index in [1.54, 1.807) is 36.4 Å². The van der Waals surface area contributed by atoms with Crippen molar-refractivity contribution in [1.29, 1.82) is 0 Å². The van der Waals surface area contributed by atoms with E-state index < -0.39 is 24.2 Å². The van der Waals surface area contributed by atoms with Crippen LogP contribution >= 0.6 is 0 Å². The fourth-order valence-corrected chi connectivity index (χ4v) is 7.57. The SMILES string of the molecule is [2H]c1c([2H])c(N(c2c([2H])c([2H])c(-c3cccc4c3oc3ccccc34)c([2H])c2[2H])c2cccc3oc4c5ccccc5ccc4c23)c([2H])c([2H])c1-c1cccc2ccccc12. The van der Waals surface area contributed by atoms with Crippen molar-refractivity contribution in [3.63, 3.8) is 0 Å². The molecule has 0 radical (unpaired) electrons. The molecular weight excluding hydrogens is 647 g/mol. The molecule has 0 saturated heterocycles. The summed E-state index contributed by atoms with van der Waals surface area (Å²) in [6.07, 6.45) is 0. The van der Waals surface area contributed by atoms with Gasteiger partial charge in [-0.05, 0) is 81.3 Å². The summed E-state index contributed by atoms with van der Waals surface area (Å²) in [5, 5.41) is 6.25. The molecule has 0 aliphatic rings. The predicted octanol–water partition coefficient (Wildman–Crippen LogP) is 14.6. The first-order chi connectivity index (χ1) is 29.6. The molecule has 0 amide bonds. The maximum Gasteiger partial charge on any atom is 0.143 e. The zero-order valence-corrected chi connectivity index (χ0v) is 28.0. The molecule has 2 aromatic heterocycles. The third-order valence-electron chi connectivity index (χ3n) is 10.0. The van der Waals surface area contributed by atoms with E-state index in [1.807, 2.05) is 103 Å². The summed E-state index contributed by atoms with van der Waals surface area (Å²) in [5.74, 6) is 0. The standard InChI is InChI=1S/C50H31NO2/c1-3-13-38-32(10-1)12-7-16-39(38)34-22-27-36(28-23-34)51(45-19-9-21-47-48(45)44-31-26-33-11-2-4-14-40(33)50(44)53-47)37-29-24-35(25-30-37)41-17-8-18-43-42-15-5-6-20-46(42)52-49(41)43/h1-31H/i22D,23D,24D,25D,27D,28D,29D,30D. The predicted molar refractivity (Wildman–Crippen MR) is 222 cm³/mol. The van der Waals surface area contributed by atoms with Crippen LogP contribution < -0.4 is 4.90 Å². The molecule has 9 aromatic carbocycles. The first kappa shape index (κ1) is 22.7. The van der Waals surface area contributed by atoms with Gasteiger partial charge in [0.1, 0.15) is 22.3 Å². The topological polar surface area (TPSA) is 29.5 Å². The maximum atomic E-state index is 9.72. The maximum absolute atomic E-state index is 9.72. The Morgan fingerprint density at radius 3 is 1.72 bits per heavy atom. The van der Waals surface area contributed by atoms with Crippen LogP contribution in [-0.2, 0) is 0 Å². The largest absolute Gasteiger partial charge is 0.455 e. The molecule has 0 fully saturated rings. The molecule has 2 heterocycles. The van der Waals surface area contributed by atoms with Crippen LogP contribution in [0.1, 0.15) is 11.0 Å². The number of nitrogens with zero attached hydrogens (tertiary/aromatic N) is 1. The molecule has 0 bridgehead atoms. The number of rotatable bonds is 5. The summed E-state index contributed by atoms with van der Waals surface area (Å²) >= 11 is 0. The highest BCUT2D eigenvalue weighted by Crippen LogP contribution is 2.45. The van der Waals surface area contributed by atoms with Gasteiger partial charge in [0.25, 0.3) is 0 Å².